The fraction of sp³-hybridized carbons (Fsp3) is 0.778. The molecule has 8 heteroatoms. The molecule has 1 aliphatic rings. The maximum Gasteiger partial charge on any atom is 0.452 e. The van der Waals surface area contributed by atoms with E-state index in [4.69, 9.17) is 0 Å². The summed E-state index contributed by atoms with van der Waals surface area (Å²) in [6, 6.07) is 0.217. The van der Waals surface area contributed by atoms with Crippen LogP contribution in [-0.4, -0.2) is 35.5 Å². The smallest absolute Gasteiger partial charge is 0.343 e. The summed E-state index contributed by atoms with van der Waals surface area (Å²) in [5.74, 6) is -1.03. The Morgan fingerprint density at radius 3 is 2.88 bits per heavy atom. The Morgan fingerprint density at radius 1 is 1.53 bits per heavy atom. The van der Waals surface area contributed by atoms with Crippen LogP contribution in [0.1, 0.15) is 18.7 Å². The average Bonchev–Trinajstić information content (AvgIpc) is 2.82. The third-order valence-electron chi connectivity index (χ3n) is 2.73. The van der Waals surface area contributed by atoms with E-state index in [-0.39, 0.29) is 6.04 Å². The predicted octanol–water partition coefficient (Wildman–Crippen LogP) is 1.75. The van der Waals surface area contributed by atoms with Crippen molar-refractivity contribution in [1.82, 2.24) is 14.7 Å². The largest absolute Gasteiger partial charge is 0.452 e. The standard InChI is InChI=1S/C9H13F3N4S/c1-13-5-6-3-2-4-16(6)8-14-7(15-17-8)9(10,11)12/h6,13H,2-5H2,1H3. The molecule has 0 aromatic carbocycles. The molecule has 0 bridgehead atoms. The molecule has 1 atom stereocenters. The second-order valence-electron chi connectivity index (χ2n) is 3.95. The average molecular weight is 266 g/mol. The summed E-state index contributed by atoms with van der Waals surface area (Å²) in [4.78, 5) is 5.48. The lowest BCUT2D eigenvalue weighted by atomic mass is 10.2. The highest BCUT2D eigenvalue weighted by molar-refractivity contribution is 7.09. The highest BCUT2D eigenvalue weighted by Crippen LogP contribution is 2.32. The van der Waals surface area contributed by atoms with Crippen molar-refractivity contribution in [2.75, 3.05) is 25.0 Å². The van der Waals surface area contributed by atoms with Gasteiger partial charge in [0.25, 0.3) is 0 Å². The summed E-state index contributed by atoms with van der Waals surface area (Å²) in [5.41, 5.74) is 0. The number of nitrogens with one attached hydrogen (secondary N) is 1. The molecule has 0 spiro atoms. The van der Waals surface area contributed by atoms with Crippen LogP contribution >= 0.6 is 11.5 Å². The Bertz CT molecular complexity index is 379. The van der Waals surface area contributed by atoms with Gasteiger partial charge in [0.05, 0.1) is 0 Å². The highest BCUT2D eigenvalue weighted by Gasteiger charge is 2.37. The molecule has 1 saturated heterocycles. The van der Waals surface area contributed by atoms with E-state index in [2.05, 4.69) is 14.7 Å². The zero-order valence-corrected chi connectivity index (χ0v) is 10.1. The van der Waals surface area contributed by atoms with Gasteiger partial charge in [-0.25, -0.2) is 0 Å². The van der Waals surface area contributed by atoms with E-state index in [0.717, 1.165) is 37.5 Å². The van der Waals surface area contributed by atoms with Gasteiger partial charge >= 0.3 is 6.18 Å². The molecular weight excluding hydrogens is 253 g/mol. The summed E-state index contributed by atoms with van der Waals surface area (Å²) in [7, 11) is 1.83. The normalized spacial score (nSPS) is 21.2. The van der Waals surface area contributed by atoms with Crippen molar-refractivity contribution in [2.24, 2.45) is 0 Å². The number of halogens is 3. The van der Waals surface area contributed by atoms with Gasteiger partial charge in [-0.05, 0) is 19.9 Å². The van der Waals surface area contributed by atoms with Gasteiger partial charge in [0.1, 0.15) is 0 Å². The van der Waals surface area contributed by atoms with Gasteiger partial charge in [0, 0.05) is 30.7 Å². The molecule has 17 heavy (non-hydrogen) atoms. The Labute approximate surface area is 101 Å². The molecule has 1 aromatic heterocycles. The molecule has 1 N–H and O–H groups in total. The van der Waals surface area contributed by atoms with Crippen LogP contribution in [0.4, 0.5) is 18.3 Å². The van der Waals surface area contributed by atoms with E-state index in [0.29, 0.717) is 5.13 Å². The van der Waals surface area contributed by atoms with E-state index in [1.54, 1.807) is 0 Å². The van der Waals surface area contributed by atoms with E-state index < -0.39 is 12.0 Å². The zero-order valence-electron chi connectivity index (χ0n) is 9.29. The third-order valence-corrected chi connectivity index (χ3v) is 3.48. The van der Waals surface area contributed by atoms with Gasteiger partial charge in [-0.3, -0.25) is 0 Å². The number of likely N-dealkylation sites (N-methyl/N-ethyl adjacent to an activating group) is 1. The first-order valence-corrected chi connectivity index (χ1v) is 6.12. The van der Waals surface area contributed by atoms with Crippen LogP contribution in [0.25, 0.3) is 0 Å². The Kier molecular flexibility index (Phi) is 3.53. The predicted molar refractivity (Wildman–Crippen MR) is 59.2 cm³/mol. The molecule has 2 rings (SSSR count). The van der Waals surface area contributed by atoms with Crippen LogP contribution in [0.2, 0.25) is 0 Å². The van der Waals surface area contributed by atoms with E-state index >= 15 is 0 Å². The first-order valence-electron chi connectivity index (χ1n) is 5.34. The van der Waals surface area contributed by atoms with Gasteiger partial charge < -0.3 is 10.2 Å². The van der Waals surface area contributed by atoms with E-state index in [1.165, 1.54) is 0 Å². The van der Waals surface area contributed by atoms with Crippen LogP contribution < -0.4 is 10.2 Å². The molecule has 1 aliphatic heterocycles. The molecule has 4 nitrogen and oxygen atoms in total. The molecule has 0 saturated carbocycles. The van der Waals surface area contributed by atoms with Gasteiger partial charge in [0.15, 0.2) is 0 Å². The lowest BCUT2D eigenvalue weighted by Gasteiger charge is -2.23. The molecule has 0 aliphatic carbocycles. The minimum absolute atomic E-state index is 0.217. The van der Waals surface area contributed by atoms with E-state index in [9.17, 15) is 13.2 Å². The summed E-state index contributed by atoms with van der Waals surface area (Å²) >= 11 is 0.820. The van der Waals surface area contributed by atoms with Crippen molar-refractivity contribution in [1.29, 1.82) is 0 Å². The maximum absolute atomic E-state index is 12.4. The maximum atomic E-state index is 12.4. The van der Waals surface area contributed by atoms with Crippen LogP contribution in [0.3, 0.4) is 0 Å². The number of aromatic nitrogens is 2. The Morgan fingerprint density at radius 2 is 2.29 bits per heavy atom. The van der Waals surface area contributed by atoms with Gasteiger partial charge in [-0.2, -0.15) is 22.5 Å². The Balaban J connectivity index is 2.14. The zero-order chi connectivity index (χ0) is 12.5. The second-order valence-corrected chi connectivity index (χ2v) is 4.68. The van der Waals surface area contributed by atoms with Crippen molar-refractivity contribution in [3.8, 4) is 0 Å². The quantitative estimate of drug-likeness (QED) is 0.905. The fourth-order valence-corrected chi connectivity index (χ4v) is 2.77. The van der Waals surface area contributed by atoms with Crippen molar-refractivity contribution < 1.29 is 13.2 Å². The topological polar surface area (TPSA) is 41.0 Å². The molecule has 2 heterocycles. The lowest BCUT2D eigenvalue weighted by molar-refractivity contribution is -0.144. The van der Waals surface area contributed by atoms with Crippen molar-refractivity contribution >= 4 is 16.7 Å². The van der Waals surface area contributed by atoms with Crippen molar-refractivity contribution in [2.45, 2.75) is 25.1 Å². The summed E-state index contributed by atoms with van der Waals surface area (Å²) in [6.45, 7) is 1.50. The first kappa shape index (κ1) is 12.6. The summed E-state index contributed by atoms with van der Waals surface area (Å²) in [5, 5.41) is 3.41. The minimum Gasteiger partial charge on any atom is -0.343 e. The molecule has 1 unspecified atom stereocenters. The van der Waals surface area contributed by atoms with Gasteiger partial charge in [-0.1, -0.05) is 0 Å². The Hall–Kier alpha value is -0.890. The molecular formula is C9H13F3N4S. The summed E-state index contributed by atoms with van der Waals surface area (Å²) < 4.78 is 40.5. The lowest BCUT2D eigenvalue weighted by Crippen LogP contribution is -2.36. The molecule has 0 radical (unpaired) electrons. The van der Waals surface area contributed by atoms with Crippen LogP contribution in [0.15, 0.2) is 0 Å². The SMILES string of the molecule is CNCC1CCCN1c1nc(C(F)(F)F)ns1. The van der Waals surface area contributed by atoms with Gasteiger partial charge in [0.2, 0.25) is 11.0 Å². The number of anilines is 1. The monoisotopic (exact) mass is 266 g/mol. The van der Waals surface area contributed by atoms with Crippen LogP contribution in [-0.2, 0) is 6.18 Å². The van der Waals surface area contributed by atoms with Crippen molar-refractivity contribution in [3.05, 3.63) is 5.82 Å². The van der Waals surface area contributed by atoms with Crippen molar-refractivity contribution in [3.63, 3.8) is 0 Å². The number of alkyl halides is 3. The first-order chi connectivity index (χ1) is 8.02. The van der Waals surface area contributed by atoms with Crippen LogP contribution in [0, 0.1) is 0 Å². The molecule has 1 aromatic rings. The minimum atomic E-state index is -4.45. The highest BCUT2D eigenvalue weighted by atomic mass is 32.1. The van der Waals surface area contributed by atoms with Gasteiger partial charge in [-0.15, -0.1) is 0 Å². The number of rotatable bonds is 3. The van der Waals surface area contributed by atoms with Crippen LogP contribution in [0.5, 0.6) is 0 Å². The number of hydrogen-bond donors (Lipinski definition) is 1. The number of hydrogen-bond acceptors (Lipinski definition) is 5. The second kappa shape index (κ2) is 4.77. The van der Waals surface area contributed by atoms with E-state index in [1.807, 2.05) is 11.9 Å². The fourth-order valence-electron chi connectivity index (χ4n) is 1.98. The third kappa shape index (κ3) is 2.68. The molecule has 96 valence electrons. The summed E-state index contributed by atoms with van der Waals surface area (Å²) in [6.07, 6.45) is -2.50. The molecule has 0 amide bonds. The molecule has 1 fully saturated rings. The number of nitrogens with zero attached hydrogens (tertiary/aromatic N) is 3.